The molecule has 1 heterocycles. The Labute approximate surface area is 135 Å². The van der Waals surface area contributed by atoms with Gasteiger partial charge >= 0.3 is 6.03 Å². The molecule has 0 aliphatic carbocycles. The molecule has 0 unspecified atom stereocenters. The normalized spacial score (nSPS) is 10.1. The summed E-state index contributed by atoms with van der Waals surface area (Å²) in [6.45, 7) is 0.537. The third-order valence-corrected chi connectivity index (χ3v) is 3.35. The summed E-state index contributed by atoms with van der Waals surface area (Å²) in [7, 11) is 3.82. The maximum atomic E-state index is 12.0. The summed E-state index contributed by atoms with van der Waals surface area (Å²) in [6, 6.07) is 9.00. The van der Waals surface area contributed by atoms with Crippen LogP contribution in [0, 0.1) is 0 Å². The maximum absolute atomic E-state index is 12.0. The number of urea groups is 1. The molecule has 0 spiro atoms. The van der Waals surface area contributed by atoms with Crippen molar-refractivity contribution < 1.29 is 4.79 Å². The van der Waals surface area contributed by atoms with Crippen LogP contribution in [0.15, 0.2) is 42.7 Å². The second kappa shape index (κ2) is 7.66. The van der Waals surface area contributed by atoms with Gasteiger partial charge in [-0.15, -0.1) is 0 Å². The monoisotopic (exact) mass is 318 g/mol. The van der Waals surface area contributed by atoms with Crippen LogP contribution < -0.4 is 15.5 Å². The number of carbonyl (C=O) groups excluding carboxylic acids is 1. The number of hydrogen-bond acceptors (Lipinski definition) is 3. The van der Waals surface area contributed by atoms with E-state index in [-0.39, 0.29) is 6.03 Å². The fourth-order valence-electron chi connectivity index (χ4n) is 2.03. The molecule has 1 aromatic carbocycles. The molecular formula is C16H19ClN4O. The minimum atomic E-state index is -0.255. The van der Waals surface area contributed by atoms with Crippen molar-refractivity contribution in [1.29, 1.82) is 0 Å². The van der Waals surface area contributed by atoms with Crippen LogP contribution >= 0.6 is 11.6 Å². The van der Waals surface area contributed by atoms with Gasteiger partial charge in [-0.1, -0.05) is 17.7 Å². The van der Waals surface area contributed by atoms with E-state index in [0.717, 1.165) is 17.7 Å². The lowest BCUT2D eigenvalue weighted by atomic mass is 10.2. The second-order valence-corrected chi connectivity index (χ2v) is 5.48. The van der Waals surface area contributed by atoms with Gasteiger partial charge in [0.15, 0.2) is 0 Å². The summed E-state index contributed by atoms with van der Waals surface area (Å²) in [5.41, 5.74) is 2.66. The molecule has 0 radical (unpaired) electrons. The number of aromatic nitrogens is 1. The highest BCUT2D eigenvalue weighted by molar-refractivity contribution is 6.31. The summed E-state index contributed by atoms with van der Waals surface area (Å²) in [4.78, 5) is 17.9. The van der Waals surface area contributed by atoms with Crippen LogP contribution in [0.5, 0.6) is 0 Å². The first-order valence-corrected chi connectivity index (χ1v) is 7.34. The second-order valence-electron chi connectivity index (χ2n) is 5.05. The first-order valence-electron chi connectivity index (χ1n) is 6.97. The molecule has 2 aromatic rings. The fourth-order valence-corrected chi connectivity index (χ4v) is 2.20. The average Bonchev–Trinajstić information content (AvgIpc) is 2.48. The number of carbonyl (C=O) groups is 1. The predicted molar refractivity (Wildman–Crippen MR) is 90.7 cm³/mol. The molecule has 0 bridgehead atoms. The quantitative estimate of drug-likeness (QED) is 0.890. The van der Waals surface area contributed by atoms with Crippen molar-refractivity contribution in [1.82, 2.24) is 10.3 Å². The third kappa shape index (κ3) is 4.63. The molecule has 22 heavy (non-hydrogen) atoms. The summed E-state index contributed by atoms with van der Waals surface area (Å²) >= 11 is 5.99. The maximum Gasteiger partial charge on any atom is 0.319 e. The van der Waals surface area contributed by atoms with E-state index in [4.69, 9.17) is 11.6 Å². The lowest BCUT2D eigenvalue weighted by molar-refractivity contribution is 0.252. The molecule has 2 N–H and O–H groups in total. The van der Waals surface area contributed by atoms with Crippen LogP contribution in [-0.4, -0.2) is 31.7 Å². The fraction of sp³-hybridized carbons (Fsp3) is 0.250. The first-order chi connectivity index (χ1) is 10.6. The van der Waals surface area contributed by atoms with Crippen LogP contribution in [0.25, 0.3) is 0 Å². The van der Waals surface area contributed by atoms with E-state index in [2.05, 4.69) is 15.6 Å². The number of benzene rings is 1. The SMILES string of the molecule is CN(C)c1ccc(Cl)cc1NC(=O)NCCc1cccnc1. The minimum Gasteiger partial charge on any atom is -0.376 e. The highest BCUT2D eigenvalue weighted by Gasteiger charge is 2.08. The molecule has 0 saturated heterocycles. The molecule has 6 heteroatoms. The number of rotatable bonds is 5. The Morgan fingerprint density at radius 2 is 2.14 bits per heavy atom. The molecule has 116 valence electrons. The Hall–Kier alpha value is -2.27. The van der Waals surface area contributed by atoms with Gasteiger partial charge in [0.25, 0.3) is 0 Å². The Balaban J connectivity index is 1.90. The van der Waals surface area contributed by atoms with Crippen molar-refractivity contribution in [3.05, 3.63) is 53.3 Å². The number of amides is 2. The molecule has 0 atom stereocenters. The predicted octanol–water partition coefficient (Wildman–Crippen LogP) is 3.17. The van der Waals surface area contributed by atoms with Crippen molar-refractivity contribution in [2.75, 3.05) is 30.9 Å². The van der Waals surface area contributed by atoms with Crippen molar-refractivity contribution in [2.24, 2.45) is 0 Å². The zero-order valence-electron chi connectivity index (χ0n) is 12.6. The number of nitrogens with zero attached hydrogens (tertiary/aromatic N) is 2. The summed E-state index contributed by atoms with van der Waals surface area (Å²) in [5.74, 6) is 0. The lowest BCUT2D eigenvalue weighted by Gasteiger charge is -2.18. The van der Waals surface area contributed by atoms with Crippen LogP contribution in [0.3, 0.4) is 0 Å². The number of pyridine rings is 1. The lowest BCUT2D eigenvalue weighted by Crippen LogP contribution is -2.31. The minimum absolute atomic E-state index is 0.255. The Morgan fingerprint density at radius 1 is 1.32 bits per heavy atom. The highest BCUT2D eigenvalue weighted by Crippen LogP contribution is 2.27. The van der Waals surface area contributed by atoms with Gasteiger partial charge in [-0.05, 0) is 36.2 Å². The van der Waals surface area contributed by atoms with E-state index in [0.29, 0.717) is 17.3 Å². The molecule has 0 aliphatic rings. The number of halogens is 1. The van der Waals surface area contributed by atoms with Crippen LogP contribution in [0.1, 0.15) is 5.56 Å². The van der Waals surface area contributed by atoms with Gasteiger partial charge in [-0.3, -0.25) is 4.98 Å². The standard InChI is InChI=1S/C16H19ClN4O/c1-21(2)15-6-5-13(17)10-14(15)20-16(22)19-9-7-12-4-3-8-18-11-12/h3-6,8,10-11H,7,9H2,1-2H3,(H2,19,20,22). The molecule has 2 amide bonds. The summed E-state index contributed by atoms with van der Waals surface area (Å²) in [5, 5.41) is 6.23. The molecule has 0 saturated carbocycles. The van der Waals surface area contributed by atoms with Gasteiger partial charge < -0.3 is 15.5 Å². The molecule has 1 aromatic heterocycles. The molecule has 2 rings (SSSR count). The van der Waals surface area contributed by atoms with Gasteiger partial charge in [0.1, 0.15) is 0 Å². The van der Waals surface area contributed by atoms with Crippen molar-refractivity contribution in [3.63, 3.8) is 0 Å². The smallest absolute Gasteiger partial charge is 0.319 e. The Bertz CT molecular complexity index is 631. The number of nitrogens with one attached hydrogen (secondary N) is 2. The van der Waals surface area contributed by atoms with E-state index in [1.54, 1.807) is 24.5 Å². The van der Waals surface area contributed by atoms with Gasteiger partial charge in [0.2, 0.25) is 0 Å². The zero-order chi connectivity index (χ0) is 15.9. The molecule has 0 fully saturated rings. The van der Waals surface area contributed by atoms with Gasteiger partial charge in [0, 0.05) is 38.1 Å². The Kier molecular flexibility index (Phi) is 5.61. The third-order valence-electron chi connectivity index (χ3n) is 3.11. The number of anilines is 2. The van der Waals surface area contributed by atoms with Crippen molar-refractivity contribution in [2.45, 2.75) is 6.42 Å². The van der Waals surface area contributed by atoms with Crippen LogP contribution in [-0.2, 0) is 6.42 Å². The summed E-state index contributed by atoms with van der Waals surface area (Å²) in [6.07, 6.45) is 4.25. The van der Waals surface area contributed by atoms with Crippen molar-refractivity contribution in [3.8, 4) is 0 Å². The van der Waals surface area contributed by atoms with Crippen molar-refractivity contribution >= 4 is 29.0 Å². The average molecular weight is 319 g/mol. The van der Waals surface area contributed by atoms with E-state index in [1.165, 1.54) is 0 Å². The van der Waals surface area contributed by atoms with Gasteiger partial charge in [0.05, 0.1) is 11.4 Å². The number of hydrogen-bond donors (Lipinski definition) is 2. The van der Waals surface area contributed by atoms with E-state index >= 15 is 0 Å². The highest BCUT2D eigenvalue weighted by atomic mass is 35.5. The molecular weight excluding hydrogens is 300 g/mol. The largest absolute Gasteiger partial charge is 0.376 e. The topological polar surface area (TPSA) is 57.3 Å². The van der Waals surface area contributed by atoms with E-state index < -0.39 is 0 Å². The van der Waals surface area contributed by atoms with Gasteiger partial charge in [-0.25, -0.2) is 4.79 Å². The molecule has 0 aliphatic heterocycles. The van der Waals surface area contributed by atoms with Crippen LogP contribution in [0.4, 0.5) is 16.2 Å². The van der Waals surface area contributed by atoms with E-state index in [9.17, 15) is 4.79 Å². The first kappa shape index (κ1) is 16.1. The molecule has 5 nitrogen and oxygen atoms in total. The van der Waals surface area contributed by atoms with Gasteiger partial charge in [-0.2, -0.15) is 0 Å². The van der Waals surface area contributed by atoms with E-state index in [1.807, 2.05) is 37.2 Å². The zero-order valence-corrected chi connectivity index (χ0v) is 13.4. The summed E-state index contributed by atoms with van der Waals surface area (Å²) < 4.78 is 0. The Morgan fingerprint density at radius 3 is 2.82 bits per heavy atom. The van der Waals surface area contributed by atoms with Crippen LogP contribution in [0.2, 0.25) is 5.02 Å².